The van der Waals surface area contributed by atoms with Crippen LogP contribution in [0.1, 0.15) is 12.5 Å². The van der Waals surface area contributed by atoms with Gasteiger partial charge < -0.3 is 10.2 Å². The van der Waals surface area contributed by atoms with E-state index >= 15 is 0 Å². The van der Waals surface area contributed by atoms with Crippen molar-refractivity contribution < 1.29 is 14.6 Å². The highest BCUT2D eigenvalue weighted by molar-refractivity contribution is 9.10. The molecule has 78 valence electrons. The van der Waals surface area contributed by atoms with Crippen LogP contribution in [-0.4, -0.2) is 22.4 Å². The Balaban J connectivity index is 2.80. The number of hydrogen-bond acceptors (Lipinski definition) is 2. The van der Waals surface area contributed by atoms with Crippen LogP contribution in [0.3, 0.4) is 0 Å². The second-order valence-electron chi connectivity index (χ2n) is 3.25. The molecule has 2 nitrogen and oxygen atoms in total. The van der Waals surface area contributed by atoms with E-state index in [1.807, 2.05) is 0 Å². The quantitative estimate of drug-likeness (QED) is 0.874. The molecule has 2 atom stereocenters. The molecule has 0 aromatic heterocycles. The standard InChI is InChI=1S/C10H12BrFO2/c1-6(13)10(14)5-7-4-8(12)2-3-9(7)11/h2-4,6,10,13-14H,5H2,1H3. The van der Waals surface area contributed by atoms with Gasteiger partial charge in [-0.3, -0.25) is 0 Å². The maximum Gasteiger partial charge on any atom is 0.123 e. The fourth-order valence-corrected chi connectivity index (χ4v) is 1.50. The largest absolute Gasteiger partial charge is 0.391 e. The Hall–Kier alpha value is -0.450. The second kappa shape index (κ2) is 4.87. The molecule has 0 heterocycles. The molecule has 2 unspecified atom stereocenters. The first-order valence-corrected chi connectivity index (χ1v) is 5.10. The first-order chi connectivity index (χ1) is 6.50. The normalized spacial score (nSPS) is 15.2. The van der Waals surface area contributed by atoms with Crippen molar-refractivity contribution in [2.24, 2.45) is 0 Å². The molecule has 4 heteroatoms. The minimum atomic E-state index is -0.868. The number of hydrogen-bond donors (Lipinski definition) is 2. The van der Waals surface area contributed by atoms with E-state index in [0.717, 1.165) is 4.47 Å². The fraction of sp³-hybridized carbons (Fsp3) is 0.400. The fourth-order valence-electron chi connectivity index (χ4n) is 1.10. The highest BCUT2D eigenvalue weighted by atomic mass is 79.9. The predicted molar refractivity (Wildman–Crippen MR) is 55.5 cm³/mol. The summed E-state index contributed by atoms with van der Waals surface area (Å²) in [4.78, 5) is 0. The molecule has 14 heavy (non-hydrogen) atoms. The van der Waals surface area contributed by atoms with Gasteiger partial charge >= 0.3 is 0 Å². The van der Waals surface area contributed by atoms with Crippen LogP contribution < -0.4 is 0 Å². The Bertz CT molecular complexity index is 315. The molecule has 1 rings (SSSR count). The summed E-state index contributed by atoms with van der Waals surface area (Å²) in [6, 6.07) is 4.26. The number of aliphatic hydroxyl groups is 2. The van der Waals surface area contributed by atoms with Crippen LogP contribution in [0.15, 0.2) is 22.7 Å². The first kappa shape index (κ1) is 11.6. The number of rotatable bonds is 3. The maximum atomic E-state index is 12.8. The summed E-state index contributed by atoms with van der Waals surface area (Å²) in [6.07, 6.45) is -1.45. The Morgan fingerprint density at radius 2 is 2.07 bits per heavy atom. The molecule has 0 radical (unpaired) electrons. The van der Waals surface area contributed by atoms with Gasteiger partial charge in [0.25, 0.3) is 0 Å². The van der Waals surface area contributed by atoms with E-state index in [1.165, 1.54) is 19.1 Å². The third kappa shape index (κ3) is 3.04. The van der Waals surface area contributed by atoms with Gasteiger partial charge in [0.1, 0.15) is 5.82 Å². The topological polar surface area (TPSA) is 40.5 Å². The van der Waals surface area contributed by atoms with Crippen molar-refractivity contribution in [3.8, 4) is 0 Å². The van der Waals surface area contributed by atoms with Gasteiger partial charge in [-0.25, -0.2) is 4.39 Å². The molecule has 0 bridgehead atoms. The van der Waals surface area contributed by atoms with Gasteiger partial charge in [0.2, 0.25) is 0 Å². The van der Waals surface area contributed by atoms with E-state index < -0.39 is 12.2 Å². The summed E-state index contributed by atoms with van der Waals surface area (Å²) in [5, 5.41) is 18.5. The van der Waals surface area contributed by atoms with Crippen LogP contribution in [-0.2, 0) is 6.42 Å². The highest BCUT2D eigenvalue weighted by Crippen LogP contribution is 2.19. The van der Waals surface area contributed by atoms with Crippen LogP contribution in [0.2, 0.25) is 0 Å². The number of benzene rings is 1. The molecule has 1 aromatic rings. The summed E-state index contributed by atoms with van der Waals surface area (Å²) in [6.45, 7) is 1.50. The second-order valence-corrected chi connectivity index (χ2v) is 4.10. The molecule has 2 N–H and O–H groups in total. The molecule has 0 amide bonds. The molecular weight excluding hydrogens is 251 g/mol. The van der Waals surface area contributed by atoms with Crippen LogP contribution in [0, 0.1) is 5.82 Å². The van der Waals surface area contributed by atoms with Gasteiger partial charge in [-0.15, -0.1) is 0 Å². The van der Waals surface area contributed by atoms with E-state index in [2.05, 4.69) is 15.9 Å². The van der Waals surface area contributed by atoms with Gasteiger partial charge in [0.15, 0.2) is 0 Å². The van der Waals surface area contributed by atoms with Crippen LogP contribution in [0.5, 0.6) is 0 Å². The average Bonchev–Trinajstić information content (AvgIpc) is 2.11. The van der Waals surface area contributed by atoms with Gasteiger partial charge in [-0.05, 0) is 30.7 Å². The summed E-state index contributed by atoms with van der Waals surface area (Å²) in [7, 11) is 0. The Morgan fingerprint density at radius 3 is 2.64 bits per heavy atom. The zero-order chi connectivity index (χ0) is 10.7. The SMILES string of the molecule is CC(O)C(O)Cc1cc(F)ccc1Br. The van der Waals surface area contributed by atoms with E-state index in [4.69, 9.17) is 5.11 Å². The summed E-state index contributed by atoms with van der Waals surface area (Å²) in [5.41, 5.74) is 0.651. The lowest BCUT2D eigenvalue weighted by Gasteiger charge is -2.14. The van der Waals surface area contributed by atoms with E-state index in [9.17, 15) is 9.50 Å². The lowest BCUT2D eigenvalue weighted by Crippen LogP contribution is -2.24. The maximum absolute atomic E-state index is 12.8. The number of halogens is 2. The molecule has 0 aliphatic rings. The third-order valence-electron chi connectivity index (χ3n) is 1.99. The van der Waals surface area contributed by atoms with Crippen molar-refractivity contribution in [3.63, 3.8) is 0 Å². The minimum Gasteiger partial charge on any atom is -0.391 e. The first-order valence-electron chi connectivity index (χ1n) is 4.30. The predicted octanol–water partition coefficient (Wildman–Crippen LogP) is 1.87. The van der Waals surface area contributed by atoms with Crippen molar-refractivity contribution in [1.82, 2.24) is 0 Å². The smallest absolute Gasteiger partial charge is 0.123 e. The molecule has 0 spiro atoms. The van der Waals surface area contributed by atoms with Gasteiger partial charge in [0, 0.05) is 10.9 Å². The Labute approximate surface area is 90.5 Å². The van der Waals surface area contributed by atoms with Crippen LogP contribution in [0.25, 0.3) is 0 Å². The van der Waals surface area contributed by atoms with Crippen molar-refractivity contribution in [2.75, 3.05) is 0 Å². The molecule has 1 aromatic carbocycles. The summed E-state index contributed by atoms with van der Waals surface area (Å²) >= 11 is 3.25. The monoisotopic (exact) mass is 262 g/mol. The van der Waals surface area contributed by atoms with Crippen molar-refractivity contribution in [2.45, 2.75) is 25.6 Å². The van der Waals surface area contributed by atoms with E-state index in [0.29, 0.717) is 5.56 Å². The van der Waals surface area contributed by atoms with Gasteiger partial charge in [-0.1, -0.05) is 15.9 Å². The van der Waals surface area contributed by atoms with Crippen molar-refractivity contribution >= 4 is 15.9 Å². The van der Waals surface area contributed by atoms with Crippen LogP contribution >= 0.6 is 15.9 Å². The van der Waals surface area contributed by atoms with E-state index in [-0.39, 0.29) is 12.2 Å². The lowest BCUT2D eigenvalue weighted by molar-refractivity contribution is 0.0318. The highest BCUT2D eigenvalue weighted by Gasteiger charge is 2.13. The Morgan fingerprint density at radius 1 is 1.43 bits per heavy atom. The molecule has 0 aliphatic heterocycles. The molecule has 0 saturated heterocycles. The average molecular weight is 263 g/mol. The molecule has 0 saturated carbocycles. The Kier molecular flexibility index (Phi) is 4.04. The zero-order valence-corrected chi connectivity index (χ0v) is 9.33. The molecule has 0 fully saturated rings. The van der Waals surface area contributed by atoms with E-state index in [1.54, 1.807) is 6.07 Å². The zero-order valence-electron chi connectivity index (χ0n) is 7.74. The third-order valence-corrected chi connectivity index (χ3v) is 2.77. The van der Waals surface area contributed by atoms with Crippen molar-refractivity contribution in [3.05, 3.63) is 34.1 Å². The summed E-state index contributed by atoms with van der Waals surface area (Å²) in [5.74, 6) is -0.346. The minimum absolute atomic E-state index is 0.232. The van der Waals surface area contributed by atoms with Crippen LogP contribution in [0.4, 0.5) is 4.39 Å². The summed E-state index contributed by atoms with van der Waals surface area (Å²) < 4.78 is 13.6. The van der Waals surface area contributed by atoms with Crippen molar-refractivity contribution in [1.29, 1.82) is 0 Å². The lowest BCUT2D eigenvalue weighted by atomic mass is 10.0. The van der Waals surface area contributed by atoms with Gasteiger partial charge in [0.05, 0.1) is 12.2 Å². The number of aliphatic hydroxyl groups excluding tert-OH is 2. The molecular formula is C10H12BrFO2. The molecule has 0 aliphatic carbocycles. The van der Waals surface area contributed by atoms with Gasteiger partial charge in [-0.2, -0.15) is 0 Å².